The fourth-order valence-corrected chi connectivity index (χ4v) is 5.29. The van der Waals surface area contributed by atoms with Gasteiger partial charge in [-0.15, -0.1) is 11.3 Å². The summed E-state index contributed by atoms with van der Waals surface area (Å²) in [7, 11) is 4.27. The van der Waals surface area contributed by atoms with E-state index in [1.165, 1.54) is 29.0 Å². The molecule has 0 aliphatic carbocycles. The Morgan fingerprint density at radius 2 is 2.00 bits per heavy atom. The number of carbonyl (C=O) groups excluding carboxylic acids is 1. The molecule has 0 spiro atoms. The first-order valence-electron chi connectivity index (χ1n) is 10.00. The van der Waals surface area contributed by atoms with Crippen LogP contribution in [0.15, 0.2) is 42.5 Å². The zero-order valence-corrected chi connectivity index (χ0v) is 18.6. The van der Waals surface area contributed by atoms with Crippen molar-refractivity contribution < 1.29 is 4.79 Å². The molecule has 0 radical (unpaired) electrons. The van der Waals surface area contributed by atoms with Gasteiger partial charge in [0, 0.05) is 40.6 Å². The highest BCUT2D eigenvalue weighted by atomic mass is 35.5. The van der Waals surface area contributed by atoms with Crippen molar-refractivity contribution in [3.8, 4) is 0 Å². The van der Waals surface area contributed by atoms with Crippen molar-refractivity contribution >= 4 is 50.3 Å². The van der Waals surface area contributed by atoms with Gasteiger partial charge in [-0.3, -0.25) is 4.79 Å². The van der Waals surface area contributed by atoms with Crippen molar-refractivity contribution in [2.24, 2.45) is 0 Å². The maximum atomic E-state index is 12.8. The highest BCUT2D eigenvalue weighted by Gasteiger charge is 2.24. The first-order chi connectivity index (χ1) is 14.0. The second-order valence-electron chi connectivity index (χ2n) is 7.78. The number of benzene rings is 2. The van der Waals surface area contributed by atoms with Gasteiger partial charge in [-0.1, -0.05) is 30.7 Å². The van der Waals surface area contributed by atoms with E-state index in [0.29, 0.717) is 15.9 Å². The summed E-state index contributed by atoms with van der Waals surface area (Å²) in [5.41, 5.74) is 3.22. The van der Waals surface area contributed by atoms with Crippen LogP contribution in [-0.4, -0.2) is 44.0 Å². The number of aryl methyl sites for hydroxylation is 1. The molecule has 152 valence electrons. The molecule has 1 unspecified atom stereocenters. The van der Waals surface area contributed by atoms with Crippen LogP contribution in [0.5, 0.6) is 0 Å². The summed E-state index contributed by atoms with van der Waals surface area (Å²) in [6.07, 6.45) is 2.14. The fraction of sp³-hybridized carbons (Fsp3) is 0.348. The minimum atomic E-state index is -0.157. The summed E-state index contributed by atoms with van der Waals surface area (Å²) >= 11 is 7.95. The number of thiophene rings is 1. The molecule has 1 amide bonds. The van der Waals surface area contributed by atoms with Crippen LogP contribution in [0.4, 0.5) is 11.4 Å². The summed E-state index contributed by atoms with van der Waals surface area (Å²) in [5.74, 6) is -0.157. The summed E-state index contributed by atoms with van der Waals surface area (Å²) in [5, 5.41) is 4.47. The number of rotatable bonds is 5. The molecular formula is C23H26ClN3OS. The molecule has 1 saturated heterocycles. The van der Waals surface area contributed by atoms with Gasteiger partial charge in [0.05, 0.1) is 5.02 Å². The van der Waals surface area contributed by atoms with E-state index in [1.54, 1.807) is 0 Å². The van der Waals surface area contributed by atoms with Crippen LogP contribution in [0.2, 0.25) is 5.02 Å². The Kier molecular flexibility index (Phi) is 5.81. The molecule has 1 atom stereocenters. The number of nitrogens with zero attached hydrogens (tertiary/aromatic N) is 2. The lowest BCUT2D eigenvalue weighted by Gasteiger charge is -2.22. The minimum absolute atomic E-state index is 0.157. The third-order valence-electron chi connectivity index (χ3n) is 5.69. The SMILES string of the molecule is CCc1ccc2c(Cl)c(C(=O)Nc3ccc(N4CCC(N(C)C)C4)cc3)sc2c1. The Balaban J connectivity index is 1.47. The number of amides is 1. The zero-order valence-electron chi connectivity index (χ0n) is 17.0. The van der Waals surface area contributed by atoms with Crippen LogP contribution in [0.1, 0.15) is 28.6 Å². The second-order valence-corrected chi connectivity index (χ2v) is 9.21. The number of hydrogen-bond acceptors (Lipinski definition) is 4. The molecule has 1 aromatic heterocycles. The Hall–Kier alpha value is -2.08. The predicted octanol–water partition coefficient (Wildman–Crippen LogP) is 5.51. The maximum Gasteiger partial charge on any atom is 0.267 e. The molecule has 29 heavy (non-hydrogen) atoms. The number of carbonyl (C=O) groups is 1. The van der Waals surface area contributed by atoms with Crippen molar-refractivity contribution in [1.82, 2.24) is 4.90 Å². The molecule has 1 aliphatic rings. The van der Waals surface area contributed by atoms with Crippen LogP contribution in [0, 0.1) is 0 Å². The van der Waals surface area contributed by atoms with Gasteiger partial charge in [0.1, 0.15) is 4.88 Å². The van der Waals surface area contributed by atoms with Crippen molar-refractivity contribution in [3.63, 3.8) is 0 Å². The Morgan fingerprint density at radius 1 is 1.24 bits per heavy atom. The number of nitrogens with one attached hydrogen (secondary N) is 1. The lowest BCUT2D eigenvalue weighted by Crippen LogP contribution is -2.31. The lowest BCUT2D eigenvalue weighted by atomic mass is 10.1. The molecular weight excluding hydrogens is 402 g/mol. The molecule has 2 heterocycles. The number of likely N-dealkylation sites (N-methyl/N-ethyl adjacent to an activating group) is 1. The third-order valence-corrected chi connectivity index (χ3v) is 7.35. The van der Waals surface area contributed by atoms with Gasteiger partial charge in [0.2, 0.25) is 0 Å². The predicted molar refractivity (Wildman–Crippen MR) is 125 cm³/mol. The summed E-state index contributed by atoms with van der Waals surface area (Å²) in [4.78, 5) is 18.1. The monoisotopic (exact) mass is 427 g/mol. The number of hydrogen-bond donors (Lipinski definition) is 1. The molecule has 4 rings (SSSR count). The first kappa shape index (κ1) is 20.2. The average Bonchev–Trinajstić information content (AvgIpc) is 3.34. The van der Waals surface area contributed by atoms with Gasteiger partial charge < -0.3 is 15.1 Å². The highest BCUT2D eigenvalue weighted by molar-refractivity contribution is 7.21. The lowest BCUT2D eigenvalue weighted by molar-refractivity contribution is 0.103. The molecule has 0 saturated carbocycles. The van der Waals surface area contributed by atoms with Gasteiger partial charge in [-0.05, 0) is 62.8 Å². The second kappa shape index (κ2) is 8.34. The molecule has 0 bridgehead atoms. The van der Waals surface area contributed by atoms with Crippen LogP contribution in [0.25, 0.3) is 10.1 Å². The Bertz CT molecular complexity index is 1030. The van der Waals surface area contributed by atoms with Crippen LogP contribution < -0.4 is 10.2 Å². The molecule has 4 nitrogen and oxygen atoms in total. The van der Waals surface area contributed by atoms with Crippen molar-refractivity contribution in [3.05, 3.63) is 57.9 Å². The quantitative estimate of drug-likeness (QED) is 0.583. The van der Waals surface area contributed by atoms with Gasteiger partial charge in [-0.2, -0.15) is 0 Å². The van der Waals surface area contributed by atoms with E-state index in [2.05, 4.69) is 60.4 Å². The molecule has 1 aliphatic heterocycles. The van der Waals surface area contributed by atoms with Gasteiger partial charge in [-0.25, -0.2) is 0 Å². The average molecular weight is 428 g/mol. The topological polar surface area (TPSA) is 35.6 Å². The van der Waals surface area contributed by atoms with Crippen molar-refractivity contribution in [1.29, 1.82) is 0 Å². The van der Waals surface area contributed by atoms with Crippen molar-refractivity contribution in [2.45, 2.75) is 25.8 Å². The van der Waals surface area contributed by atoms with E-state index in [9.17, 15) is 4.79 Å². The standard InChI is InChI=1S/C23H26ClN3OS/c1-4-15-5-10-19-20(13-15)29-22(21(19)24)23(28)25-16-6-8-17(9-7-16)27-12-11-18(14-27)26(2)3/h5-10,13,18H,4,11-12,14H2,1-3H3,(H,25,28). The van der Waals surface area contributed by atoms with E-state index in [-0.39, 0.29) is 5.91 Å². The molecule has 2 aromatic carbocycles. The van der Waals surface area contributed by atoms with E-state index in [4.69, 9.17) is 11.6 Å². The largest absolute Gasteiger partial charge is 0.370 e. The van der Waals surface area contributed by atoms with Gasteiger partial charge in [0.25, 0.3) is 5.91 Å². The fourth-order valence-electron chi connectivity index (χ4n) is 3.82. The van der Waals surface area contributed by atoms with E-state index in [1.807, 2.05) is 18.2 Å². The molecule has 3 aromatic rings. The van der Waals surface area contributed by atoms with Crippen LogP contribution in [-0.2, 0) is 6.42 Å². The van der Waals surface area contributed by atoms with Crippen molar-refractivity contribution in [2.75, 3.05) is 37.4 Å². The Morgan fingerprint density at radius 3 is 2.66 bits per heavy atom. The van der Waals surface area contributed by atoms with E-state index in [0.717, 1.165) is 35.3 Å². The first-order valence-corrected chi connectivity index (χ1v) is 11.2. The zero-order chi connectivity index (χ0) is 20.5. The maximum absolute atomic E-state index is 12.8. The molecule has 6 heteroatoms. The van der Waals surface area contributed by atoms with Crippen LogP contribution in [0.3, 0.4) is 0 Å². The number of halogens is 1. The van der Waals surface area contributed by atoms with E-state index >= 15 is 0 Å². The molecule has 1 N–H and O–H groups in total. The summed E-state index contributed by atoms with van der Waals surface area (Å²) in [6.45, 7) is 4.22. The minimum Gasteiger partial charge on any atom is -0.370 e. The third kappa shape index (κ3) is 4.13. The van der Waals surface area contributed by atoms with Gasteiger partial charge >= 0.3 is 0 Å². The summed E-state index contributed by atoms with van der Waals surface area (Å²) in [6, 6.07) is 14.9. The number of fused-ring (bicyclic) bond motifs is 1. The van der Waals surface area contributed by atoms with E-state index < -0.39 is 0 Å². The Labute approximate surface area is 181 Å². The number of anilines is 2. The normalized spacial score (nSPS) is 16.7. The van der Waals surface area contributed by atoms with Crippen LogP contribution >= 0.6 is 22.9 Å². The summed E-state index contributed by atoms with van der Waals surface area (Å²) < 4.78 is 1.05. The smallest absolute Gasteiger partial charge is 0.267 e. The van der Waals surface area contributed by atoms with Gasteiger partial charge in [0.15, 0.2) is 0 Å². The highest BCUT2D eigenvalue weighted by Crippen LogP contribution is 2.36. The molecule has 1 fully saturated rings.